The zero-order chi connectivity index (χ0) is 9.42. The third-order valence-corrected chi connectivity index (χ3v) is 2.08. The molecule has 2 saturated heterocycles. The molecule has 2 aliphatic rings. The second kappa shape index (κ2) is 2.65. The van der Waals surface area contributed by atoms with Crippen LogP contribution in [0, 0.1) is 0 Å². The van der Waals surface area contributed by atoms with Gasteiger partial charge in [-0.05, 0) is 0 Å². The van der Waals surface area contributed by atoms with Gasteiger partial charge in [-0.25, -0.2) is 9.59 Å². The molecule has 2 rings (SSSR count). The van der Waals surface area contributed by atoms with Gasteiger partial charge in [-0.1, -0.05) is 6.08 Å². The van der Waals surface area contributed by atoms with Crippen LogP contribution in [0.15, 0.2) is 12.7 Å². The molecule has 0 bridgehead atoms. The van der Waals surface area contributed by atoms with Gasteiger partial charge in [-0.3, -0.25) is 4.90 Å². The van der Waals surface area contributed by atoms with E-state index in [1.54, 1.807) is 6.08 Å². The highest BCUT2D eigenvalue weighted by Crippen LogP contribution is 2.12. The quantitative estimate of drug-likeness (QED) is 0.487. The average Bonchev–Trinajstić information content (AvgIpc) is 2.52. The zero-order valence-electron chi connectivity index (χ0n) is 6.91. The Kier molecular flexibility index (Phi) is 1.61. The summed E-state index contributed by atoms with van der Waals surface area (Å²) >= 11 is 0. The normalized spacial score (nSPS) is 30.6. The van der Waals surface area contributed by atoms with Crippen LogP contribution in [0.1, 0.15) is 0 Å². The van der Waals surface area contributed by atoms with Crippen LogP contribution >= 0.6 is 0 Å². The number of urea groups is 2. The summed E-state index contributed by atoms with van der Waals surface area (Å²) in [6, 6.07) is -0.452. The molecule has 0 saturated carbocycles. The van der Waals surface area contributed by atoms with E-state index in [0.717, 1.165) is 0 Å². The Labute approximate surface area is 75.0 Å². The van der Waals surface area contributed by atoms with Gasteiger partial charge in [0.2, 0.25) is 0 Å². The van der Waals surface area contributed by atoms with Gasteiger partial charge in [0.1, 0.15) is 12.3 Å². The number of rotatable bonds is 2. The van der Waals surface area contributed by atoms with E-state index >= 15 is 0 Å². The fourth-order valence-corrected chi connectivity index (χ4v) is 1.53. The van der Waals surface area contributed by atoms with Crippen molar-refractivity contribution in [2.45, 2.75) is 12.3 Å². The lowest BCUT2D eigenvalue weighted by Crippen LogP contribution is -2.43. The summed E-state index contributed by atoms with van der Waals surface area (Å²) in [4.78, 5) is 23.7. The van der Waals surface area contributed by atoms with Crippen molar-refractivity contribution in [2.24, 2.45) is 0 Å². The van der Waals surface area contributed by atoms with Gasteiger partial charge in [0.25, 0.3) is 0 Å². The molecule has 70 valence electrons. The van der Waals surface area contributed by atoms with Crippen molar-refractivity contribution < 1.29 is 9.59 Å². The van der Waals surface area contributed by atoms with Crippen LogP contribution in [0.3, 0.4) is 0 Å². The second-order valence-electron chi connectivity index (χ2n) is 2.93. The molecule has 6 heteroatoms. The molecule has 6 nitrogen and oxygen atoms in total. The average molecular weight is 182 g/mol. The number of fused-ring (bicyclic) bond motifs is 1. The van der Waals surface area contributed by atoms with Crippen LogP contribution in [-0.4, -0.2) is 35.8 Å². The fourth-order valence-electron chi connectivity index (χ4n) is 1.53. The predicted octanol–water partition coefficient (Wildman–Crippen LogP) is -0.837. The summed E-state index contributed by atoms with van der Waals surface area (Å²) < 4.78 is 0. The number of carbonyl (C=O) groups is 2. The minimum Gasteiger partial charge on any atom is -0.314 e. The molecule has 2 atom stereocenters. The minimum atomic E-state index is -0.319. The maximum Gasteiger partial charge on any atom is 0.321 e. The van der Waals surface area contributed by atoms with E-state index in [-0.39, 0.29) is 24.4 Å². The maximum atomic E-state index is 11.3. The molecule has 0 radical (unpaired) electrons. The number of carbonyl (C=O) groups excluding carboxylic acids is 2. The van der Waals surface area contributed by atoms with Crippen LogP contribution in [0.4, 0.5) is 9.59 Å². The number of amides is 4. The van der Waals surface area contributed by atoms with E-state index in [1.165, 1.54) is 4.90 Å². The molecule has 13 heavy (non-hydrogen) atoms. The van der Waals surface area contributed by atoms with Gasteiger partial charge in [0, 0.05) is 6.54 Å². The van der Waals surface area contributed by atoms with Gasteiger partial charge in [0.15, 0.2) is 0 Å². The fraction of sp³-hybridized carbons (Fsp3) is 0.429. The van der Waals surface area contributed by atoms with Gasteiger partial charge < -0.3 is 16.0 Å². The monoisotopic (exact) mass is 182 g/mol. The smallest absolute Gasteiger partial charge is 0.314 e. The molecule has 2 aliphatic heterocycles. The van der Waals surface area contributed by atoms with Crippen molar-refractivity contribution in [3.8, 4) is 0 Å². The van der Waals surface area contributed by atoms with Gasteiger partial charge in [-0.2, -0.15) is 0 Å². The highest BCUT2D eigenvalue weighted by molar-refractivity contribution is 5.84. The topological polar surface area (TPSA) is 73.5 Å². The second-order valence-corrected chi connectivity index (χ2v) is 2.93. The van der Waals surface area contributed by atoms with Crippen molar-refractivity contribution in [1.29, 1.82) is 0 Å². The predicted molar refractivity (Wildman–Crippen MR) is 44.7 cm³/mol. The van der Waals surface area contributed by atoms with Crippen LogP contribution in [0.25, 0.3) is 0 Å². The summed E-state index contributed by atoms with van der Waals surface area (Å²) in [6.07, 6.45) is 1.00. The van der Waals surface area contributed by atoms with Crippen molar-refractivity contribution in [2.75, 3.05) is 6.54 Å². The Morgan fingerprint density at radius 2 is 2.15 bits per heavy atom. The Hall–Kier alpha value is -1.72. The zero-order valence-corrected chi connectivity index (χ0v) is 6.91. The number of nitrogens with zero attached hydrogens (tertiary/aromatic N) is 1. The third kappa shape index (κ3) is 1.10. The van der Waals surface area contributed by atoms with Crippen LogP contribution in [0.5, 0.6) is 0 Å². The van der Waals surface area contributed by atoms with E-state index in [9.17, 15) is 9.59 Å². The SMILES string of the molecule is C=CCN1C(=O)NC2NC(=O)NC21. The van der Waals surface area contributed by atoms with E-state index < -0.39 is 0 Å². The minimum absolute atomic E-state index is 0.192. The van der Waals surface area contributed by atoms with Crippen molar-refractivity contribution in [1.82, 2.24) is 20.9 Å². The lowest BCUT2D eigenvalue weighted by atomic mass is 10.4. The Bertz CT molecular complexity index is 278. The molecule has 2 heterocycles. The molecular weight excluding hydrogens is 172 g/mol. The first-order chi connectivity index (χ1) is 6.22. The van der Waals surface area contributed by atoms with Crippen LogP contribution in [0.2, 0.25) is 0 Å². The molecule has 0 aliphatic carbocycles. The molecule has 4 amide bonds. The molecule has 0 aromatic heterocycles. The van der Waals surface area contributed by atoms with Crippen molar-refractivity contribution >= 4 is 12.1 Å². The molecule has 3 N–H and O–H groups in total. The van der Waals surface area contributed by atoms with Crippen molar-refractivity contribution in [3.63, 3.8) is 0 Å². The molecule has 0 aromatic carbocycles. The third-order valence-electron chi connectivity index (χ3n) is 2.08. The number of hydrogen-bond donors (Lipinski definition) is 3. The van der Waals surface area contributed by atoms with Crippen LogP contribution < -0.4 is 16.0 Å². The van der Waals surface area contributed by atoms with E-state index in [1.807, 2.05) is 0 Å². The van der Waals surface area contributed by atoms with Gasteiger partial charge in [0.05, 0.1) is 0 Å². The van der Waals surface area contributed by atoms with Gasteiger partial charge in [-0.15, -0.1) is 6.58 Å². The summed E-state index contributed by atoms with van der Waals surface area (Å²) in [5.41, 5.74) is 0. The first kappa shape index (κ1) is 7.90. The van der Waals surface area contributed by atoms with Gasteiger partial charge >= 0.3 is 12.1 Å². The number of nitrogens with one attached hydrogen (secondary N) is 3. The Morgan fingerprint density at radius 1 is 1.38 bits per heavy atom. The molecule has 0 spiro atoms. The molecular formula is C7H10N4O2. The molecule has 2 unspecified atom stereocenters. The lowest BCUT2D eigenvalue weighted by molar-refractivity contribution is 0.203. The largest absolute Gasteiger partial charge is 0.321 e. The van der Waals surface area contributed by atoms with Crippen LogP contribution in [-0.2, 0) is 0 Å². The van der Waals surface area contributed by atoms with Crippen molar-refractivity contribution in [3.05, 3.63) is 12.7 Å². The highest BCUT2D eigenvalue weighted by atomic mass is 16.2. The number of hydrogen-bond acceptors (Lipinski definition) is 2. The standard InChI is InChI=1S/C7H10N4O2/c1-2-3-11-5-4(9-7(11)13)8-6(12)10-5/h2,4-5H,1,3H2,(H,9,13)(H2,8,10,12). The van der Waals surface area contributed by atoms with E-state index in [4.69, 9.17) is 0 Å². The maximum absolute atomic E-state index is 11.3. The lowest BCUT2D eigenvalue weighted by Gasteiger charge is -2.18. The van der Waals surface area contributed by atoms with E-state index in [2.05, 4.69) is 22.5 Å². The summed E-state index contributed by atoms with van der Waals surface area (Å²) in [5.74, 6) is 0. The Morgan fingerprint density at radius 3 is 2.85 bits per heavy atom. The first-order valence-corrected chi connectivity index (χ1v) is 3.97. The summed E-state index contributed by atoms with van der Waals surface area (Å²) in [5, 5.41) is 7.83. The summed E-state index contributed by atoms with van der Waals surface area (Å²) in [6.45, 7) is 3.96. The first-order valence-electron chi connectivity index (χ1n) is 3.97. The molecule has 2 fully saturated rings. The molecule has 0 aromatic rings. The highest BCUT2D eigenvalue weighted by Gasteiger charge is 2.44. The summed E-state index contributed by atoms with van der Waals surface area (Å²) in [7, 11) is 0. The van der Waals surface area contributed by atoms with E-state index in [0.29, 0.717) is 6.54 Å². The Balaban J connectivity index is 2.14.